The summed E-state index contributed by atoms with van der Waals surface area (Å²) < 4.78 is 1.76. The van der Waals surface area contributed by atoms with E-state index in [9.17, 15) is 4.79 Å². The van der Waals surface area contributed by atoms with Crippen molar-refractivity contribution < 1.29 is 4.79 Å². The number of fused-ring (bicyclic) bond motifs is 1. The Morgan fingerprint density at radius 2 is 2.09 bits per heavy atom. The number of hydrogen-bond acceptors (Lipinski definition) is 6. The highest BCUT2D eigenvalue weighted by Gasteiger charge is 2.24. The highest BCUT2D eigenvalue weighted by molar-refractivity contribution is 5.87. The van der Waals surface area contributed by atoms with E-state index in [0.717, 1.165) is 59.9 Å². The second-order valence-corrected chi connectivity index (χ2v) is 8.05. The van der Waals surface area contributed by atoms with Crippen molar-refractivity contribution in [1.29, 1.82) is 0 Å². The third kappa shape index (κ3) is 4.14. The van der Waals surface area contributed by atoms with E-state index < -0.39 is 0 Å². The fraction of sp³-hybridized carbons (Fsp3) is 0.304. The van der Waals surface area contributed by atoms with Gasteiger partial charge in [-0.25, -0.2) is 9.97 Å². The van der Waals surface area contributed by atoms with Crippen molar-refractivity contribution in [1.82, 2.24) is 30.0 Å². The van der Waals surface area contributed by atoms with Gasteiger partial charge in [-0.15, -0.1) is 0 Å². The summed E-state index contributed by atoms with van der Waals surface area (Å²) in [4.78, 5) is 26.7. The van der Waals surface area contributed by atoms with Crippen LogP contribution in [0, 0.1) is 0 Å². The molecule has 164 valence electrons. The number of hydrogen-bond donors (Lipinski definition) is 3. The van der Waals surface area contributed by atoms with Crippen molar-refractivity contribution in [2.24, 2.45) is 7.05 Å². The zero-order chi connectivity index (χ0) is 21.9. The first kappa shape index (κ1) is 20.0. The SMILES string of the molecule is Cn1nc(-c2ccccc2)cc1NCC(=O)NC1CCCN(c2ncnc3[nH]ccc23)C1. The van der Waals surface area contributed by atoms with Gasteiger partial charge in [-0.05, 0) is 18.9 Å². The minimum atomic E-state index is -0.0335. The van der Waals surface area contributed by atoms with Crippen LogP contribution in [0.4, 0.5) is 11.6 Å². The number of carbonyl (C=O) groups is 1. The Morgan fingerprint density at radius 3 is 2.97 bits per heavy atom. The molecule has 1 saturated heterocycles. The molecule has 4 aromatic rings. The Hall–Kier alpha value is -3.88. The Labute approximate surface area is 185 Å². The summed E-state index contributed by atoms with van der Waals surface area (Å²) in [6, 6.07) is 14.0. The van der Waals surface area contributed by atoms with Gasteiger partial charge in [-0.3, -0.25) is 9.48 Å². The molecule has 1 aliphatic heterocycles. The number of nitrogens with zero attached hydrogens (tertiary/aromatic N) is 5. The van der Waals surface area contributed by atoms with Gasteiger partial charge in [0.15, 0.2) is 0 Å². The van der Waals surface area contributed by atoms with E-state index in [1.54, 1.807) is 11.0 Å². The number of benzene rings is 1. The predicted octanol–water partition coefficient (Wildman–Crippen LogP) is 2.56. The Balaban J connectivity index is 1.19. The van der Waals surface area contributed by atoms with Crippen LogP contribution in [0.1, 0.15) is 12.8 Å². The molecule has 1 atom stereocenters. The number of aromatic nitrogens is 5. The molecule has 0 aliphatic carbocycles. The van der Waals surface area contributed by atoms with Crippen LogP contribution in [0.25, 0.3) is 22.3 Å². The van der Waals surface area contributed by atoms with Crippen LogP contribution in [-0.4, -0.2) is 56.3 Å². The Bertz CT molecular complexity index is 1220. The number of piperidine rings is 1. The molecule has 1 unspecified atom stereocenters. The van der Waals surface area contributed by atoms with Crippen molar-refractivity contribution in [3.05, 3.63) is 55.0 Å². The van der Waals surface area contributed by atoms with E-state index in [0.29, 0.717) is 0 Å². The Morgan fingerprint density at radius 1 is 1.22 bits per heavy atom. The molecule has 32 heavy (non-hydrogen) atoms. The van der Waals surface area contributed by atoms with Gasteiger partial charge in [-0.1, -0.05) is 30.3 Å². The summed E-state index contributed by atoms with van der Waals surface area (Å²) in [6.45, 7) is 1.84. The number of H-pyrrole nitrogens is 1. The van der Waals surface area contributed by atoms with Crippen LogP contribution < -0.4 is 15.5 Å². The van der Waals surface area contributed by atoms with E-state index in [4.69, 9.17) is 0 Å². The van der Waals surface area contributed by atoms with Crippen molar-refractivity contribution in [3.8, 4) is 11.3 Å². The maximum atomic E-state index is 12.6. The standard InChI is InChI=1S/C23H26N8O/c1-30-20(12-19(29-30)16-6-3-2-4-7-16)25-13-21(32)28-17-8-5-11-31(14-17)23-18-9-10-24-22(18)26-15-27-23/h2-4,6-7,9-10,12,15,17,25H,5,8,11,13-14H2,1H3,(H,28,32)(H,24,26,27). The van der Waals surface area contributed by atoms with E-state index in [1.807, 2.05) is 55.7 Å². The Kier molecular flexibility index (Phi) is 5.45. The van der Waals surface area contributed by atoms with Crippen molar-refractivity contribution in [2.45, 2.75) is 18.9 Å². The number of anilines is 2. The number of carbonyl (C=O) groups excluding carboxylic acids is 1. The van der Waals surface area contributed by atoms with E-state index >= 15 is 0 Å². The van der Waals surface area contributed by atoms with Crippen LogP contribution in [0.5, 0.6) is 0 Å². The molecule has 1 amide bonds. The molecule has 0 radical (unpaired) electrons. The third-order valence-electron chi connectivity index (χ3n) is 5.80. The lowest BCUT2D eigenvalue weighted by molar-refractivity contribution is -0.120. The normalized spacial score (nSPS) is 16.3. The van der Waals surface area contributed by atoms with Crippen molar-refractivity contribution >= 4 is 28.6 Å². The van der Waals surface area contributed by atoms with E-state index in [1.165, 1.54) is 0 Å². The predicted molar refractivity (Wildman–Crippen MR) is 124 cm³/mol. The highest BCUT2D eigenvalue weighted by atomic mass is 16.2. The maximum Gasteiger partial charge on any atom is 0.239 e. The van der Waals surface area contributed by atoms with Gasteiger partial charge >= 0.3 is 0 Å². The molecule has 0 bridgehead atoms. The number of aryl methyl sites for hydroxylation is 1. The fourth-order valence-corrected chi connectivity index (χ4v) is 4.23. The smallest absolute Gasteiger partial charge is 0.239 e. The van der Waals surface area contributed by atoms with Crippen LogP contribution in [0.2, 0.25) is 0 Å². The lowest BCUT2D eigenvalue weighted by Gasteiger charge is -2.34. The first-order valence-electron chi connectivity index (χ1n) is 10.8. The summed E-state index contributed by atoms with van der Waals surface area (Å²) in [7, 11) is 1.87. The fourth-order valence-electron chi connectivity index (χ4n) is 4.23. The van der Waals surface area contributed by atoms with Crippen LogP contribution >= 0.6 is 0 Å². The van der Waals surface area contributed by atoms with Crippen molar-refractivity contribution in [2.75, 3.05) is 29.9 Å². The van der Waals surface area contributed by atoms with Gasteiger partial charge in [0, 0.05) is 44.0 Å². The minimum Gasteiger partial charge on any atom is -0.361 e. The molecule has 1 aromatic carbocycles. The average molecular weight is 431 g/mol. The molecule has 0 spiro atoms. The van der Waals surface area contributed by atoms with Crippen LogP contribution in [-0.2, 0) is 11.8 Å². The lowest BCUT2D eigenvalue weighted by atomic mass is 10.1. The number of nitrogens with one attached hydrogen (secondary N) is 3. The molecule has 4 heterocycles. The second kappa shape index (κ2) is 8.70. The monoisotopic (exact) mass is 430 g/mol. The molecule has 9 heteroatoms. The molecule has 9 nitrogen and oxygen atoms in total. The van der Waals surface area contributed by atoms with Crippen LogP contribution in [0.3, 0.4) is 0 Å². The minimum absolute atomic E-state index is 0.0335. The summed E-state index contributed by atoms with van der Waals surface area (Å²) in [5.74, 6) is 1.69. The van der Waals surface area contributed by atoms with E-state index in [-0.39, 0.29) is 18.5 Å². The van der Waals surface area contributed by atoms with Gasteiger partial charge in [0.05, 0.1) is 17.6 Å². The van der Waals surface area contributed by atoms with Gasteiger partial charge in [0.1, 0.15) is 23.6 Å². The summed E-state index contributed by atoms with van der Waals surface area (Å²) >= 11 is 0. The van der Waals surface area contributed by atoms with Gasteiger partial charge in [0.2, 0.25) is 5.91 Å². The molecular formula is C23H26N8O. The summed E-state index contributed by atoms with van der Waals surface area (Å²) in [5.41, 5.74) is 2.75. The maximum absolute atomic E-state index is 12.6. The molecule has 3 aromatic heterocycles. The quantitative estimate of drug-likeness (QED) is 0.434. The molecule has 3 N–H and O–H groups in total. The summed E-state index contributed by atoms with van der Waals surface area (Å²) in [5, 5.41) is 11.9. The molecule has 5 rings (SSSR count). The molecule has 1 aliphatic rings. The van der Waals surface area contributed by atoms with E-state index in [2.05, 4.69) is 35.6 Å². The summed E-state index contributed by atoms with van der Waals surface area (Å²) in [6.07, 6.45) is 5.40. The largest absolute Gasteiger partial charge is 0.361 e. The van der Waals surface area contributed by atoms with Crippen molar-refractivity contribution in [3.63, 3.8) is 0 Å². The third-order valence-corrected chi connectivity index (χ3v) is 5.80. The topological polar surface area (TPSA) is 104 Å². The number of aromatic amines is 1. The zero-order valence-corrected chi connectivity index (χ0v) is 18.0. The van der Waals surface area contributed by atoms with Gasteiger partial charge in [-0.2, -0.15) is 5.10 Å². The second-order valence-electron chi connectivity index (χ2n) is 8.05. The first-order valence-corrected chi connectivity index (χ1v) is 10.8. The van der Waals surface area contributed by atoms with Crippen LogP contribution in [0.15, 0.2) is 55.0 Å². The molecular weight excluding hydrogens is 404 g/mol. The number of amides is 1. The first-order chi connectivity index (χ1) is 15.7. The highest BCUT2D eigenvalue weighted by Crippen LogP contribution is 2.25. The average Bonchev–Trinajstić information content (AvgIpc) is 3.45. The lowest BCUT2D eigenvalue weighted by Crippen LogP contribution is -2.49. The molecule has 1 fully saturated rings. The molecule has 0 saturated carbocycles. The number of rotatable bonds is 6. The van der Waals surface area contributed by atoms with Gasteiger partial charge in [0.25, 0.3) is 0 Å². The van der Waals surface area contributed by atoms with Gasteiger partial charge < -0.3 is 20.5 Å². The zero-order valence-electron chi connectivity index (χ0n) is 18.0.